The van der Waals surface area contributed by atoms with Crippen LogP contribution in [-0.4, -0.2) is 15.0 Å². The normalized spacial score (nSPS) is 11.5. The van der Waals surface area contributed by atoms with Crippen LogP contribution in [0.4, 0.5) is 22.7 Å². The molecule has 7 nitrogen and oxygen atoms in total. The molecule has 4 heterocycles. The maximum absolute atomic E-state index is 13.0. The van der Waals surface area contributed by atoms with Crippen LogP contribution in [0.25, 0.3) is 143 Å². The molecule has 440 valence electrons. The fourth-order valence-corrected chi connectivity index (χ4v) is 13.7. The number of hydrogen-bond donors (Lipinski definition) is 1. The van der Waals surface area contributed by atoms with Gasteiger partial charge in [0.15, 0.2) is 0 Å². The number of hydrogen-bond acceptors (Lipinski definition) is 4. The summed E-state index contributed by atoms with van der Waals surface area (Å²) in [5.41, 5.74) is 23.3. The van der Waals surface area contributed by atoms with Crippen molar-refractivity contribution in [3.8, 4) is 55.9 Å². The molecule has 1 amide bonds. The number of nitrogens with zero attached hydrogens (tertiary/aromatic N) is 3. The summed E-state index contributed by atoms with van der Waals surface area (Å²) in [7, 11) is 0. The number of aromatic nitrogens is 2. The molecule has 0 spiro atoms. The summed E-state index contributed by atoms with van der Waals surface area (Å²) >= 11 is 0. The second-order valence-corrected chi connectivity index (χ2v) is 23.6. The van der Waals surface area contributed by atoms with Crippen molar-refractivity contribution >= 4 is 116 Å². The summed E-state index contributed by atoms with van der Waals surface area (Å²) in [5, 5.41) is 13.1. The topological polar surface area (TPSA) is 68.5 Å². The van der Waals surface area contributed by atoms with Crippen LogP contribution < -0.4 is 10.2 Å². The lowest BCUT2D eigenvalue weighted by Gasteiger charge is -2.22. The number of amides is 1. The van der Waals surface area contributed by atoms with Crippen LogP contribution in [0.3, 0.4) is 0 Å². The van der Waals surface area contributed by atoms with Crippen molar-refractivity contribution in [3.63, 3.8) is 0 Å². The Kier molecular flexibility index (Phi) is 13.4. The first-order valence-corrected chi connectivity index (χ1v) is 31.4. The highest BCUT2D eigenvalue weighted by atomic mass is 16.3. The van der Waals surface area contributed by atoms with Crippen LogP contribution in [-0.2, 0) is 4.79 Å². The number of anilines is 4. The summed E-state index contributed by atoms with van der Waals surface area (Å²) < 4.78 is 17.2. The standard InChI is InChI=1S/C44H30N2O2.C42H28N2O/c1-29(47)45(34-27-21-32(22-28-34)36-12-8-13-40-39-11-4-7-16-43(39)48-44(36)40)33-23-17-30(18-24-33)31-19-25-35(26-20-31)46-41-14-5-2-9-37(41)38-10-3-6-15-42(38)46;1-4-13-39-35(8-1)36-9-2-5-14-40(36)44(39)33-26-20-29(21-27-33)28-16-22-31(23-17-28)43-32-24-18-30(19-25-32)34-11-7-12-38-37-10-3-6-15-41(37)45-42(34)38/h2-28H,1H3;1-27,43H. The first-order chi connectivity index (χ1) is 45.9. The molecule has 1 N–H and O–H groups in total. The molecule has 14 aromatic carbocycles. The monoisotopic (exact) mass is 1190 g/mol. The third-order valence-corrected chi connectivity index (χ3v) is 18.1. The lowest BCUT2D eigenvalue weighted by molar-refractivity contribution is -0.115. The largest absolute Gasteiger partial charge is 0.455 e. The molecule has 0 bridgehead atoms. The molecule has 7 heteroatoms. The Morgan fingerprint density at radius 2 is 0.581 bits per heavy atom. The highest BCUT2D eigenvalue weighted by Crippen LogP contribution is 2.41. The van der Waals surface area contributed by atoms with Gasteiger partial charge in [-0.3, -0.25) is 9.69 Å². The van der Waals surface area contributed by atoms with Crippen molar-refractivity contribution in [2.45, 2.75) is 6.92 Å². The van der Waals surface area contributed by atoms with E-state index in [0.717, 1.165) is 111 Å². The molecule has 0 aliphatic heterocycles. The van der Waals surface area contributed by atoms with E-state index in [1.165, 1.54) is 54.7 Å². The zero-order valence-electron chi connectivity index (χ0n) is 50.7. The van der Waals surface area contributed by atoms with Gasteiger partial charge < -0.3 is 23.3 Å². The number of para-hydroxylation sites is 8. The van der Waals surface area contributed by atoms with Crippen molar-refractivity contribution in [1.29, 1.82) is 0 Å². The summed E-state index contributed by atoms with van der Waals surface area (Å²) in [6.07, 6.45) is 0. The zero-order chi connectivity index (χ0) is 61.9. The van der Waals surface area contributed by atoms with Gasteiger partial charge in [-0.1, -0.05) is 218 Å². The molecule has 0 saturated carbocycles. The van der Waals surface area contributed by atoms with Crippen molar-refractivity contribution in [2.75, 3.05) is 10.2 Å². The van der Waals surface area contributed by atoms with E-state index in [-0.39, 0.29) is 5.91 Å². The second kappa shape index (κ2) is 22.9. The van der Waals surface area contributed by atoms with E-state index in [0.29, 0.717) is 0 Å². The van der Waals surface area contributed by atoms with Gasteiger partial charge in [0, 0.05) is 95.3 Å². The maximum Gasteiger partial charge on any atom is 0.228 e. The quantitative estimate of drug-likeness (QED) is 0.148. The summed E-state index contributed by atoms with van der Waals surface area (Å²) in [4.78, 5) is 14.7. The molecule has 0 saturated heterocycles. The molecule has 0 atom stereocenters. The Balaban J connectivity index is 0.000000142. The van der Waals surface area contributed by atoms with Crippen LogP contribution in [0.15, 0.2) is 336 Å². The van der Waals surface area contributed by atoms with Gasteiger partial charge in [-0.15, -0.1) is 0 Å². The fraction of sp³-hybridized carbons (Fsp3) is 0.0116. The van der Waals surface area contributed by atoms with Crippen LogP contribution in [0.1, 0.15) is 6.92 Å². The number of carbonyl (C=O) groups is 1. The Morgan fingerprint density at radius 3 is 0.946 bits per heavy atom. The number of fused-ring (bicyclic) bond motifs is 12. The number of rotatable bonds is 10. The number of carbonyl (C=O) groups excluding carboxylic acids is 1. The van der Waals surface area contributed by atoms with Gasteiger partial charge >= 0.3 is 0 Å². The third kappa shape index (κ3) is 9.75. The van der Waals surface area contributed by atoms with Crippen LogP contribution in [0.2, 0.25) is 0 Å². The van der Waals surface area contributed by atoms with Crippen LogP contribution in [0, 0.1) is 0 Å². The zero-order valence-corrected chi connectivity index (χ0v) is 50.7. The minimum Gasteiger partial charge on any atom is -0.455 e. The first kappa shape index (κ1) is 54.7. The van der Waals surface area contributed by atoms with E-state index in [2.05, 4.69) is 287 Å². The summed E-state index contributed by atoms with van der Waals surface area (Å²) in [6, 6.07) is 114. The van der Waals surface area contributed by atoms with Crippen LogP contribution in [0.5, 0.6) is 0 Å². The second-order valence-electron chi connectivity index (χ2n) is 23.6. The van der Waals surface area contributed by atoms with E-state index in [9.17, 15) is 4.79 Å². The highest BCUT2D eigenvalue weighted by Gasteiger charge is 2.19. The Labute approximate surface area is 536 Å². The number of nitrogens with one attached hydrogen (secondary N) is 1. The predicted molar refractivity (Wildman–Crippen MR) is 387 cm³/mol. The van der Waals surface area contributed by atoms with Crippen molar-refractivity contribution in [2.24, 2.45) is 0 Å². The van der Waals surface area contributed by atoms with E-state index in [1.54, 1.807) is 11.8 Å². The molecular weight excluding hydrogens is 1140 g/mol. The fourth-order valence-electron chi connectivity index (χ4n) is 13.7. The van der Waals surface area contributed by atoms with E-state index >= 15 is 0 Å². The van der Waals surface area contributed by atoms with Crippen molar-refractivity contribution in [1.82, 2.24) is 9.13 Å². The molecule has 0 unspecified atom stereocenters. The van der Waals surface area contributed by atoms with Gasteiger partial charge in [-0.25, -0.2) is 0 Å². The lowest BCUT2D eigenvalue weighted by Crippen LogP contribution is -2.22. The lowest BCUT2D eigenvalue weighted by atomic mass is 10.0. The molecule has 18 rings (SSSR count). The average molecular weight is 1200 g/mol. The third-order valence-electron chi connectivity index (χ3n) is 18.1. The predicted octanol–water partition coefficient (Wildman–Crippen LogP) is 23.5. The number of furan rings is 2. The van der Waals surface area contributed by atoms with Gasteiger partial charge in [0.25, 0.3) is 0 Å². The molecule has 93 heavy (non-hydrogen) atoms. The Morgan fingerprint density at radius 1 is 0.290 bits per heavy atom. The Bertz CT molecular complexity index is 5730. The molecule has 0 radical (unpaired) electrons. The SMILES string of the molecule is CC(=O)N(c1ccc(-c2ccc(-n3c4ccccc4c4ccccc43)cc2)cc1)c1ccc(-c2cccc3c2oc2ccccc23)cc1.c1ccc2c(c1)oc1c(-c3ccc(Nc4ccc(-c5ccc(-n6c7ccccc7c7ccccc76)cc5)cc4)cc3)cccc12. The van der Waals surface area contributed by atoms with Gasteiger partial charge in [-0.05, 0) is 143 Å². The minimum absolute atomic E-state index is 0.0505. The molecule has 0 aliphatic carbocycles. The van der Waals surface area contributed by atoms with Gasteiger partial charge in [0.05, 0.1) is 22.1 Å². The van der Waals surface area contributed by atoms with E-state index < -0.39 is 0 Å². The average Bonchev–Trinajstić information content (AvgIpc) is 1.75. The van der Waals surface area contributed by atoms with E-state index in [1.807, 2.05) is 54.6 Å². The van der Waals surface area contributed by atoms with Gasteiger partial charge in [0.2, 0.25) is 5.91 Å². The summed E-state index contributed by atoms with van der Waals surface area (Å²) in [6.45, 7) is 1.60. The van der Waals surface area contributed by atoms with Crippen LogP contribution >= 0.6 is 0 Å². The van der Waals surface area contributed by atoms with Crippen molar-refractivity contribution < 1.29 is 13.6 Å². The summed E-state index contributed by atoms with van der Waals surface area (Å²) in [5.74, 6) is -0.0505. The van der Waals surface area contributed by atoms with Gasteiger partial charge in [-0.2, -0.15) is 0 Å². The number of benzene rings is 14. The van der Waals surface area contributed by atoms with Gasteiger partial charge in [0.1, 0.15) is 22.3 Å². The maximum atomic E-state index is 13.0. The molecule has 0 fully saturated rings. The Hall–Kier alpha value is -12.5. The van der Waals surface area contributed by atoms with E-state index in [4.69, 9.17) is 8.83 Å². The smallest absolute Gasteiger partial charge is 0.228 e. The molecule has 0 aliphatic rings. The minimum atomic E-state index is -0.0505. The molecule has 4 aromatic heterocycles. The molecule has 18 aromatic rings. The van der Waals surface area contributed by atoms with Crippen molar-refractivity contribution in [3.05, 3.63) is 328 Å². The highest BCUT2D eigenvalue weighted by molar-refractivity contribution is 6.13. The molecular formula is C86H58N4O3. The first-order valence-electron chi connectivity index (χ1n) is 31.4.